The highest BCUT2D eigenvalue weighted by molar-refractivity contribution is 5.80. The van der Waals surface area contributed by atoms with Crippen LogP contribution in [-0.2, 0) is 10.2 Å². The van der Waals surface area contributed by atoms with Gasteiger partial charge in [-0.05, 0) is 42.7 Å². The molecule has 1 fully saturated rings. The summed E-state index contributed by atoms with van der Waals surface area (Å²) in [4.78, 5) is 12.0. The second-order valence-electron chi connectivity index (χ2n) is 6.01. The van der Waals surface area contributed by atoms with Gasteiger partial charge in [-0.15, -0.1) is 0 Å². The van der Waals surface area contributed by atoms with Gasteiger partial charge in [-0.3, -0.25) is 4.79 Å². The topological polar surface area (TPSA) is 50.4 Å². The summed E-state index contributed by atoms with van der Waals surface area (Å²) in [5, 5.41) is 6.18. The Morgan fingerprint density at radius 3 is 2.39 bits per heavy atom. The van der Waals surface area contributed by atoms with Crippen LogP contribution in [0.1, 0.15) is 18.4 Å². The average molecular weight is 310 g/mol. The minimum atomic E-state index is 0.0167. The van der Waals surface area contributed by atoms with Crippen LogP contribution < -0.4 is 15.4 Å². The van der Waals surface area contributed by atoms with Crippen LogP contribution in [0.5, 0.6) is 5.75 Å². The number of hydrogen-bond acceptors (Lipinski definition) is 3. The molecule has 2 aromatic rings. The highest BCUT2D eigenvalue weighted by Crippen LogP contribution is 2.47. The molecule has 0 heterocycles. The quantitative estimate of drug-likeness (QED) is 0.826. The lowest BCUT2D eigenvalue weighted by molar-refractivity contribution is -0.119. The average Bonchev–Trinajstić information content (AvgIpc) is 3.41. The number of amides is 1. The van der Waals surface area contributed by atoms with Crippen LogP contribution in [0.4, 0.5) is 5.69 Å². The fourth-order valence-electron chi connectivity index (χ4n) is 2.73. The number of carbonyl (C=O) groups is 1. The Labute approximate surface area is 136 Å². The summed E-state index contributed by atoms with van der Waals surface area (Å²) in [5.41, 5.74) is 2.38. The van der Waals surface area contributed by atoms with Crippen molar-refractivity contribution in [3.8, 4) is 5.75 Å². The summed E-state index contributed by atoms with van der Waals surface area (Å²) in [7, 11) is 1.64. The second-order valence-corrected chi connectivity index (χ2v) is 6.01. The molecule has 120 valence electrons. The monoisotopic (exact) mass is 310 g/mol. The van der Waals surface area contributed by atoms with Crippen LogP contribution in [-0.4, -0.2) is 26.1 Å². The van der Waals surface area contributed by atoms with Gasteiger partial charge in [0.25, 0.3) is 0 Å². The van der Waals surface area contributed by atoms with Gasteiger partial charge in [0.15, 0.2) is 0 Å². The number of carbonyl (C=O) groups excluding carboxylic acids is 1. The molecule has 1 aliphatic rings. The number of rotatable bonds is 7. The van der Waals surface area contributed by atoms with E-state index in [4.69, 9.17) is 4.74 Å². The molecule has 1 saturated carbocycles. The number of methoxy groups -OCH3 is 1. The molecule has 0 aliphatic heterocycles. The molecular weight excluding hydrogens is 288 g/mol. The third-order valence-corrected chi connectivity index (χ3v) is 4.41. The van der Waals surface area contributed by atoms with E-state index in [9.17, 15) is 4.79 Å². The summed E-state index contributed by atoms with van der Waals surface area (Å²) in [5.74, 6) is 0.821. The zero-order chi connectivity index (χ0) is 16.1. The van der Waals surface area contributed by atoms with E-state index in [0.717, 1.165) is 24.3 Å². The smallest absolute Gasteiger partial charge is 0.239 e. The van der Waals surface area contributed by atoms with Gasteiger partial charge in [-0.2, -0.15) is 0 Å². The molecule has 0 unspecified atom stereocenters. The first-order chi connectivity index (χ1) is 11.2. The molecule has 3 rings (SSSR count). The lowest BCUT2D eigenvalue weighted by atomic mass is 9.96. The Morgan fingerprint density at radius 1 is 1.09 bits per heavy atom. The van der Waals surface area contributed by atoms with Gasteiger partial charge in [0.05, 0.1) is 13.7 Å². The molecule has 0 bridgehead atoms. The molecule has 0 atom stereocenters. The van der Waals surface area contributed by atoms with Crippen molar-refractivity contribution in [3.63, 3.8) is 0 Å². The molecule has 0 spiro atoms. The van der Waals surface area contributed by atoms with Crippen molar-refractivity contribution in [1.82, 2.24) is 5.32 Å². The fraction of sp³-hybridized carbons (Fsp3) is 0.316. The van der Waals surface area contributed by atoms with Crippen molar-refractivity contribution < 1.29 is 9.53 Å². The number of nitrogens with one attached hydrogen (secondary N) is 2. The van der Waals surface area contributed by atoms with Crippen molar-refractivity contribution in [2.24, 2.45) is 0 Å². The molecule has 1 amide bonds. The molecule has 4 heteroatoms. The van der Waals surface area contributed by atoms with Crippen LogP contribution in [0, 0.1) is 0 Å². The first-order valence-electron chi connectivity index (χ1n) is 7.92. The normalized spacial score (nSPS) is 14.8. The van der Waals surface area contributed by atoms with Crippen LogP contribution >= 0.6 is 0 Å². The summed E-state index contributed by atoms with van der Waals surface area (Å²) in [6, 6.07) is 18.0. The predicted octanol–water partition coefficient (Wildman–Crippen LogP) is 2.96. The Hall–Kier alpha value is -2.49. The lowest BCUT2D eigenvalue weighted by Crippen LogP contribution is -2.35. The van der Waals surface area contributed by atoms with E-state index in [1.54, 1.807) is 7.11 Å². The van der Waals surface area contributed by atoms with Gasteiger partial charge >= 0.3 is 0 Å². The van der Waals surface area contributed by atoms with Gasteiger partial charge in [0.2, 0.25) is 5.91 Å². The van der Waals surface area contributed by atoms with Gasteiger partial charge < -0.3 is 15.4 Å². The van der Waals surface area contributed by atoms with Crippen molar-refractivity contribution >= 4 is 11.6 Å². The minimum Gasteiger partial charge on any atom is -0.497 e. The van der Waals surface area contributed by atoms with Crippen molar-refractivity contribution in [2.75, 3.05) is 25.5 Å². The van der Waals surface area contributed by atoms with Crippen LogP contribution in [0.25, 0.3) is 0 Å². The maximum Gasteiger partial charge on any atom is 0.239 e. The zero-order valence-electron chi connectivity index (χ0n) is 13.3. The van der Waals surface area contributed by atoms with Gasteiger partial charge in [-0.25, -0.2) is 0 Å². The Kier molecular flexibility index (Phi) is 4.51. The Balaban J connectivity index is 1.46. The van der Waals surface area contributed by atoms with Gasteiger partial charge in [-0.1, -0.05) is 30.3 Å². The number of anilines is 1. The molecule has 2 aromatic carbocycles. The lowest BCUT2D eigenvalue weighted by Gasteiger charge is -2.17. The third-order valence-electron chi connectivity index (χ3n) is 4.41. The molecule has 4 nitrogen and oxygen atoms in total. The molecule has 23 heavy (non-hydrogen) atoms. The second kappa shape index (κ2) is 6.73. The summed E-state index contributed by atoms with van der Waals surface area (Å²) < 4.78 is 5.11. The number of hydrogen-bond donors (Lipinski definition) is 2. The highest BCUT2D eigenvalue weighted by atomic mass is 16.5. The summed E-state index contributed by atoms with van der Waals surface area (Å²) in [6.07, 6.45) is 2.28. The molecule has 0 radical (unpaired) electrons. The van der Waals surface area contributed by atoms with Crippen molar-refractivity contribution in [2.45, 2.75) is 18.3 Å². The maximum atomic E-state index is 12.0. The predicted molar refractivity (Wildman–Crippen MR) is 91.8 cm³/mol. The van der Waals surface area contributed by atoms with Crippen LogP contribution in [0.2, 0.25) is 0 Å². The first kappa shape index (κ1) is 15.4. The van der Waals surface area contributed by atoms with Crippen LogP contribution in [0.15, 0.2) is 54.6 Å². The zero-order valence-corrected chi connectivity index (χ0v) is 13.3. The van der Waals surface area contributed by atoms with Crippen molar-refractivity contribution in [3.05, 3.63) is 60.2 Å². The summed E-state index contributed by atoms with van der Waals surface area (Å²) >= 11 is 0. The molecule has 0 saturated heterocycles. The van der Waals surface area contributed by atoms with Gasteiger partial charge in [0.1, 0.15) is 5.75 Å². The van der Waals surface area contributed by atoms with E-state index < -0.39 is 0 Å². The van der Waals surface area contributed by atoms with E-state index >= 15 is 0 Å². The maximum absolute atomic E-state index is 12.0. The first-order valence-corrected chi connectivity index (χ1v) is 7.92. The standard InChI is InChI=1S/C19H22N2O2/c1-23-17-9-7-16(8-10-17)20-13-18(22)21-14-19(11-12-19)15-5-3-2-4-6-15/h2-10,20H,11-14H2,1H3,(H,21,22). The van der Waals surface area contributed by atoms with Crippen molar-refractivity contribution in [1.29, 1.82) is 0 Å². The number of benzene rings is 2. The minimum absolute atomic E-state index is 0.0167. The number of ether oxygens (including phenoxy) is 1. The van der Waals surface area contributed by atoms with Crippen LogP contribution in [0.3, 0.4) is 0 Å². The molecule has 1 aliphatic carbocycles. The molecule has 2 N–H and O–H groups in total. The largest absolute Gasteiger partial charge is 0.497 e. The third kappa shape index (κ3) is 3.83. The van der Waals surface area contributed by atoms with E-state index in [1.807, 2.05) is 30.3 Å². The van der Waals surface area contributed by atoms with E-state index in [1.165, 1.54) is 5.56 Å². The SMILES string of the molecule is COc1ccc(NCC(=O)NCC2(c3ccccc3)CC2)cc1. The highest BCUT2D eigenvalue weighted by Gasteiger charge is 2.44. The summed E-state index contributed by atoms with van der Waals surface area (Å²) in [6.45, 7) is 0.983. The van der Waals surface area contributed by atoms with E-state index in [2.05, 4.69) is 34.9 Å². The molecule has 0 aromatic heterocycles. The van der Waals surface area contributed by atoms with E-state index in [-0.39, 0.29) is 17.9 Å². The van der Waals surface area contributed by atoms with Gasteiger partial charge in [0, 0.05) is 17.6 Å². The van der Waals surface area contributed by atoms with E-state index in [0.29, 0.717) is 6.54 Å². The Bertz CT molecular complexity index is 649. The Morgan fingerprint density at radius 2 is 1.78 bits per heavy atom. The fourth-order valence-corrected chi connectivity index (χ4v) is 2.73. The molecular formula is C19H22N2O2.